The minimum atomic E-state index is -1.16. The lowest BCUT2D eigenvalue weighted by molar-refractivity contribution is -0.135. The van der Waals surface area contributed by atoms with Gasteiger partial charge in [0.05, 0.1) is 11.3 Å². The Labute approximate surface area is 102 Å². The van der Waals surface area contributed by atoms with Crippen molar-refractivity contribution in [2.45, 2.75) is 0 Å². The third-order valence-electron chi connectivity index (χ3n) is 1.75. The number of anilines is 1. The van der Waals surface area contributed by atoms with Gasteiger partial charge in [0.2, 0.25) is 0 Å². The third kappa shape index (κ3) is 4.01. The van der Waals surface area contributed by atoms with Gasteiger partial charge in [0.15, 0.2) is 0 Å². The van der Waals surface area contributed by atoms with Gasteiger partial charge < -0.3 is 15.7 Å². The van der Waals surface area contributed by atoms with Crippen LogP contribution in [0.2, 0.25) is 5.02 Å². The molecule has 0 aliphatic heterocycles. The summed E-state index contributed by atoms with van der Waals surface area (Å²) in [6.45, 7) is -0.506. The van der Waals surface area contributed by atoms with Gasteiger partial charge in [0.1, 0.15) is 12.6 Å². The second-order valence-electron chi connectivity index (χ2n) is 3.00. The molecule has 0 saturated heterocycles. The van der Waals surface area contributed by atoms with Crippen molar-refractivity contribution in [2.75, 3.05) is 11.9 Å². The summed E-state index contributed by atoms with van der Waals surface area (Å²) in [5, 5.41) is 21.9. The Morgan fingerprint density at radius 2 is 2.18 bits per heavy atom. The summed E-state index contributed by atoms with van der Waals surface area (Å²) in [5.41, 5.74) is 0.461. The molecule has 3 N–H and O–H groups in total. The quantitative estimate of drug-likeness (QED) is 0.758. The Bertz CT molecular complexity index is 496. The van der Waals surface area contributed by atoms with Crippen LogP contribution in [0.4, 0.5) is 10.5 Å². The summed E-state index contributed by atoms with van der Waals surface area (Å²) in [5.74, 6) is -1.16. The highest BCUT2D eigenvalue weighted by Gasteiger charge is 2.08. The molecule has 0 aliphatic rings. The summed E-state index contributed by atoms with van der Waals surface area (Å²) in [4.78, 5) is 21.5. The van der Waals surface area contributed by atoms with Crippen LogP contribution in [-0.4, -0.2) is 23.7 Å². The van der Waals surface area contributed by atoms with Gasteiger partial charge in [-0.3, -0.25) is 4.79 Å². The molecule has 0 fully saturated rings. The number of nitriles is 1. The average Bonchev–Trinajstić information content (AvgIpc) is 2.27. The molecular formula is C10H8ClN3O3. The maximum absolute atomic E-state index is 11.3. The predicted octanol–water partition coefficient (Wildman–Crippen LogP) is 1.42. The molecule has 0 aliphatic carbocycles. The average molecular weight is 254 g/mol. The molecule has 1 aromatic rings. The number of carbonyl (C=O) groups is 2. The number of nitrogens with one attached hydrogen (secondary N) is 2. The first-order chi connectivity index (χ1) is 8.02. The van der Waals surface area contributed by atoms with Crippen molar-refractivity contribution in [1.29, 1.82) is 5.26 Å². The first kappa shape index (κ1) is 12.8. The van der Waals surface area contributed by atoms with Crippen molar-refractivity contribution in [1.82, 2.24) is 5.32 Å². The second-order valence-corrected chi connectivity index (χ2v) is 3.44. The Morgan fingerprint density at radius 3 is 2.76 bits per heavy atom. The van der Waals surface area contributed by atoms with Crippen LogP contribution in [0, 0.1) is 11.3 Å². The van der Waals surface area contributed by atoms with Crippen LogP contribution in [0.15, 0.2) is 18.2 Å². The molecule has 0 spiro atoms. The van der Waals surface area contributed by atoms with E-state index < -0.39 is 18.5 Å². The molecule has 0 saturated carbocycles. The van der Waals surface area contributed by atoms with E-state index in [4.69, 9.17) is 22.0 Å². The van der Waals surface area contributed by atoms with E-state index in [-0.39, 0.29) is 11.3 Å². The number of amides is 2. The molecular weight excluding hydrogens is 246 g/mol. The number of aliphatic carboxylic acids is 1. The van der Waals surface area contributed by atoms with Gasteiger partial charge in [-0.1, -0.05) is 11.6 Å². The number of hydrogen-bond donors (Lipinski definition) is 3. The third-order valence-corrected chi connectivity index (χ3v) is 1.99. The molecule has 7 heteroatoms. The van der Waals surface area contributed by atoms with E-state index in [0.29, 0.717) is 5.02 Å². The summed E-state index contributed by atoms with van der Waals surface area (Å²) in [6, 6.07) is 5.53. The number of nitrogens with zero attached hydrogens (tertiary/aromatic N) is 1. The lowest BCUT2D eigenvalue weighted by Crippen LogP contribution is -2.33. The highest BCUT2D eigenvalue weighted by atomic mass is 35.5. The van der Waals surface area contributed by atoms with Crippen LogP contribution < -0.4 is 10.6 Å². The predicted molar refractivity (Wildman–Crippen MR) is 60.8 cm³/mol. The number of carboxylic acids is 1. The smallest absolute Gasteiger partial charge is 0.323 e. The maximum Gasteiger partial charge on any atom is 0.323 e. The SMILES string of the molecule is N#Cc1ccc(Cl)cc1NC(=O)NCC(=O)O. The second kappa shape index (κ2) is 5.72. The molecule has 1 aromatic carbocycles. The normalized spacial score (nSPS) is 9.18. The Morgan fingerprint density at radius 1 is 1.47 bits per heavy atom. The van der Waals surface area contributed by atoms with Crippen molar-refractivity contribution < 1.29 is 14.7 Å². The zero-order chi connectivity index (χ0) is 12.8. The van der Waals surface area contributed by atoms with Crippen molar-refractivity contribution in [3.63, 3.8) is 0 Å². The highest BCUT2D eigenvalue weighted by molar-refractivity contribution is 6.31. The van der Waals surface area contributed by atoms with Crippen LogP contribution in [0.1, 0.15) is 5.56 Å². The van der Waals surface area contributed by atoms with Gasteiger partial charge >= 0.3 is 12.0 Å². The molecule has 0 radical (unpaired) electrons. The fourth-order valence-corrected chi connectivity index (χ4v) is 1.21. The number of carbonyl (C=O) groups excluding carboxylic acids is 1. The van der Waals surface area contributed by atoms with E-state index in [9.17, 15) is 9.59 Å². The van der Waals surface area contributed by atoms with Crippen molar-refractivity contribution in [3.05, 3.63) is 28.8 Å². The largest absolute Gasteiger partial charge is 0.480 e. The monoisotopic (exact) mass is 253 g/mol. The minimum Gasteiger partial charge on any atom is -0.480 e. The van der Waals surface area contributed by atoms with Gasteiger partial charge in [-0.2, -0.15) is 5.26 Å². The first-order valence-corrected chi connectivity index (χ1v) is 4.87. The number of hydrogen-bond acceptors (Lipinski definition) is 3. The van der Waals surface area contributed by atoms with E-state index in [1.165, 1.54) is 18.2 Å². The van der Waals surface area contributed by atoms with E-state index in [0.717, 1.165) is 0 Å². The van der Waals surface area contributed by atoms with Crippen LogP contribution in [0.3, 0.4) is 0 Å². The van der Waals surface area contributed by atoms with Crippen LogP contribution in [0.25, 0.3) is 0 Å². The summed E-state index contributed by atoms with van der Waals surface area (Å²) in [7, 11) is 0. The van der Waals surface area contributed by atoms with Crippen molar-refractivity contribution in [3.8, 4) is 6.07 Å². The maximum atomic E-state index is 11.3. The summed E-state index contributed by atoms with van der Waals surface area (Å²) >= 11 is 5.71. The molecule has 17 heavy (non-hydrogen) atoms. The molecule has 0 heterocycles. The molecule has 2 amide bonds. The zero-order valence-electron chi connectivity index (χ0n) is 8.53. The van der Waals surface area contributed by atoms with Crippen molar-refractivity contribution in [2.24, 2.45) is 0 Å². The van der Waals surface area contributed by atoms with E-state index in [2.05, 4.69) is 10.6 Å². The Kier molecular flexibility index (Phi) is 4.31. The number of halogens is 1. The molecule has 1 rings (SSSR count). The molecule has 0 aromatic heterocycles. The number of urea groups is 1. The number of benzene rings is 1. The molecule has 6 nitrogen and oxygen atoms in total. The van der Waals surface area contributed by atoms with Crippen LogP contribution >= 0.6 is 11.6 Å². The van der Waals surface area contributed by atoms with E-state index in [1.807, 2.05) is 6.07 Å². The van der Waals surface area contributed by atoms with Crippen molar-refractivity contribution >= 4 is 29.3 Å². The van der Waals surface area contributed by atoms with E-state index >= 15 is 0 Å². The Balaban J connectivity index is 2.74. The molecule has 88 valence electrons. The Hall–Kier alpha value is -2.26. The topological polar surface area (TPSA) is 102 Å². The van der Waals surface area contributed by atoms with Gasteiger partial charge in [-0.15, -0.1) is 0 Å². The number of rotatable bonds is 3. The minimum absolute atomic E-state index is 0.225. The van der Waals surface area contributed by atoms with Gasteiger partial charge in [0, 0.05) is 5.02 Å². The van der Waals surface area contributed by atoms with Crippen LogP contribution in [-0.2, 0) is 4.79 Å². The molecule has 0 atom stereocenters. The summed E-state index contributed by atoms with van der Waals surface area (Å²) in [6.07, 6.45) is 0. The fourth-order valence-electron chi connectivity index (χ4n) is 1.04. The fraction of sp³-hybridized carbons (Fsp3) is 0.100. The lowest BCUT2D eigenvalue weighted by Gasteiger charge is -2.07. The molecule has 0 unspecified atom stereocenters. The lowest BCUT2D eigenvalue weighted by atomic mass is 10.2. The van der Waals surface area contributed by atoms with Gasteiger partial charge in [-0.25, -0.2) is 4.79 Å². The highest BCUT2D eigenvalue weighted by Crippen LogP contribution is 2.20. The standard InChI is InChI=1S/C10H8ClN3O3/c11-7-2-1-6(4-12)8(3-7)14-10(17)13-5-9(15)16/h1-3H,5H2,(H,15,16)(H2,13,14,17). The van der Waals surface area contributed by atoms with E-state index in [1.54, 1.807) is 0 Å². The van der Waals surface area contributed by atoms with Gasteiger partial charge in [0.25, 0.3) is 0 Å². The molecule has 0 bridgehead atoms. The van der Waals surface area contributed by atoms with Gasteiger partial charge in [-0.05, 0) is 18.2 Å². The zero-order valence-corrected chi connectivity index (χ0v) is 9.28. The van der Waals surface area contributed by atoms with Crippen LogP contribution in [0.5, 0.6) is 0 Å². The number of carboxylic acid groups (broad SMARTS) is 1. The first-order valence-electron chi connectivity index (χ1n) is 4.49. The summed E-state index contributed by atoms with van der Waals surface area (Å²) < 4.78 is 0.